The van der Waals surface area contributed by atoms with Gasteiger partial charge < -0.3 is 15.2 Å². The van der Waals surface area contributed by atoms with Crippen molar-refractivity contribution in [2.45, 2.75) is 12.0 Å². The van der Waals surface area contributed by atoms with Crippen LogP contribution < -0.4 is 21.3 Å². The molecule has 2 aromatic heterocycles. The van der Waals surface area contributed by atoms with Crippen molar-refractivity contribution < 1.29 is 14.6 Å². The minimum atomic E-state index is -1.53. The van der Waals surface area contributed by atoms with Crippen LogP contribution in [0.4, 0.5) is 0 Å². The first-order valence-corrected chi connectivity index (χ1v) is 10.6. The summed E-state index contributed by atoms with van der Waals surface area (Å²) in [6.07, 6.45) is 1.78. The zero-order valence-electron chi connectivity index (χ0n) is 17.9. The molecule has 0 saturated heterocycles. The molecule has 1 amide bonds. The first kappa shape index (κ1) is 21.4. The number of amides is 1. The highest BCUT2D eigenvalue weighted by Gasteiger charge is 2.33. The number of benzene rings is 2. The van der Waals surface area contributed by atoms with Crippen LogP contribution in [-0.4, -0.2) is 32.5 Å². The van der Waals surface area contributed by atoms with Gasteiger partial charge in [-0.2, -0.15) is 0 Å². The van der Waals surface area contributed by atoms with Gasteiger partial charge in [-0.15, -0.1) is 0 Å². The monoisotopic (exact) mass is 456 g/mol. The van der Waals surface area contributed by atoms with Gasteiger partial charge in [0.1, 0.15) is 11.4 Å². The van der Waals surface area contributed by atoms with Crippen LogP contribution in [0.2, 0.25) is 0 Å². The first-order valence-electron chi connectivity index (χ1n) is 10.6. The molecule has 4 aromatic rings. The number of hydrogen-bond donors (Lipinski definition) is 4. The van der Waals surface area contributed by atoms with Gasteiger partial charge >= 0.3 is 5.69 Å². The number of carbonyl (C=O) groups excluding carboxylic acids is 1. The maximum Gasteiger partial charge on any atom is 0.328 e. The second kappa shape index (κ2) is 8.45. The third-order valence-corrected chi connectivity index (χ3v) is 5.75. The summed E-state index contributed by atoms with van der Waals surface area (Å²) in [6.45, 7) is -0.107. The van der Waals surface area contributed by atoms with Gasteiger partial charge in [-0.3, -0.25) is 24.5 Å². The van der Waals surface area contributed by atoms with Crippen molar-refractivity contribution >= 4 is 5.91 Å². The van der Waals surface area contributed by atoms with E-state index in [1.165, 1.54) is 0 Å². The molecule has 3 heterocycles. The van der Waals surface area contributed by atoms with E-state index in [1.807, 2.05) is 6.07 Å². The summed E-state index contributed by atoms with van der Waals surface area (Å²) in [5.41, 5.74) is -0.484. The molecule has 9 heteroatoms. The van der Waals surface area contributed by atoms with Crippen molar-refractivity contribution in [2.75, 3.05) is 6.54 Å². The van der Waals surface area contributed by atoms with Crippen LogP contribution >= 0.6 is 0 Å². The largest absolute Gasteiger partial charge is 0.440 e. The van der Waals surface area contributed by atoms with Gasteiger partial charge in [0.15, 0.2) is 0 Å². The average molecular weight is 456 g/mol. The number of aliphatic hydroxyl groups is 1. The van der Waals surface area contributed by atoms with Crippen LogP contribution in [0.5, 0.6) is 11.6 Å². The SMILES string of the molecule is O=C(NCC(O)(c1ccccc1)c1ccccn1)c1ccc2c(c1)Cc1c([nH]c(=O)[nH]c1=O)O2. The van der Waals surface area contributed by atoms with Crippen LogP contribution in [0.25, 0.3) is 0 Å². The summed E-state index contributed by atoms with van der Waals surface area (Å²) in [6, 6.07) is 19.0. The quantitative estimate of drug-likeness (QED) is 0.318. The van der Waals surface area contributed by atoms with Crippen molar-refractivity contribution in [1.29, 1.82) is 0 Å². The molecule has 4 N–H and O–H groups in total. The molecule has 0 bridgehead atoms. The zero-order chi connectivity index (χ0) is 23.7. The minimum absolute atomic E-state index is 0.0988. The van der Waals surface area contributed by atoms with E-state index in [0.717, 1.165) is 0 Å². The second-order valence-corrected chi connectivity index (χ2v) is 7.94. The van der Waals surface area contributed by atoms with E-state index in [9.17, 15) is 19.5 Å². The Labute approximate surface area is 193 Å². The van der Waals surface area contributed by atoms with Crippen LogP contribution in [0.15, 0.2) is 82.5 Å². The number of pyridine rings is 1. The highest BCUT2D eigenvalue weighted by molar-refractivity contribution is 5.94. The van der Waals surface area contributed by atoms with E-state index >= 15 is 0 Å². The van der Waals surface area contributed by atoms with Gasteiger partial charge in [0.2, 0.25) is 5.88 Å². The second-order valence-electron chi connectivity index (χ2n) is 7.94. The zero-order valence-corrected chi connectivity index (χ0v) is 17.9. The Morgan fingerprint density at radius 3 is 2.62 bits per heavy atom. The number of ether oxygens (including phenoxy) is 1. The van der Waals surface area contributed by atoms with E-state index in [1.54, 1.807) is 66.9 Å². The molecule has 0 radical (unpaired) electrons. The fourth-order valence-electron chi connectivity index (χ4n) is 3.97. The molecule has 9 nitrogen and oxygen atoms in total. The number of hydrogen-bond acceptors (Lipinski definition) is 6. The van der Waals surface area contributed by atoms with Crippen LogP contribution in [0.1, 0.15) is 32.7 Å². The van der Waals surface area contributed by atoms with E-state index in [2.05, 4.69) is 20.3 Å². The summed E-state index contributed by atoms with van der Waals surface area (Å²) >= 11 is 0. The molecular formula is C25H20N4O5. The lowest BCUT2D eigenvalue weighted by Crippen LogP contribution is -2.42. The standard InChI is InChI=1S/C25H20N4O5/c30-21(27-14-25(33,17-6-2-1-3-7-17)20-8-4-5-11-26-20)15-9-10-19-16(12-15)13-18-22(31)28-24(32)29-23(18)34-19/h1-12,33H,13-14H2,(H,27,30)(H2,28,29,31,32). The predicted octanol–water partition coefficient (Wildman–Crippen LogP) is 1.82. The predicted molar refractivity (Wildman–Crippen MR) is 123 cm³/mol. The summed E-state index contributed by atoms with van der Waals surface area (Å²) in [7, 11) is 0. The molecule has 0 fully saturated rings. The molecule has 2 aromatic carbocycles. The normalized spacial score (nSPS) is 13.7. The van der Waals surface area contributed by atoms with Crippen molar-refractivity contribution in [3.63, 3.8) is 0 Å². The molecule has 1 aliphatic heterocycles. The van der Waals surface area contributed by atoms with Gasteiger partial charge in [0.05, 0.1) is 17.8 Å². The lowest BCUT2D eigenvalue weighted by Gasteiger charge is -2.28. The smallest absolute Gasteiger partial charge is 0.328 e. The van der Waals surface area contributed by atoms with Crippen molar-refractivity contribution in [3.05, 3.63) is 122 Å². The maximum atomic E-state index is 13.0. The summed E-state index contributed by atoms with van der Waals surface area (Å²) in [5.74, 6) is 0.135. The molecule has 1 aliphatic rings. The highest BCUT2D eigenvalue weighted by atomic mass is 16.5. The molecule has 34 heavy (non-hydrogen) atoms. The lowest BCUT2D eigenvalue weighted by molar-refractivity contribution is 0.0666. The molecule has 5 rings (SSSR count). The van der Waals surface area contributed by atoms with Crippen molar-refractivity contribution in [2.24, 2.45) is 0 Å². The van der Waals surface area contributed by atoms with Crippen LogP contribution in [0, 0.1) is 0 Å². The van der Waals surface area contributed by atoms with E-state index in [0.29, 0.717) is 28.1 Å². The minimum Gasteiger partial charge on any atom is -0.440 e. The average Bonchev–Trinajstić information content (AvgIpc) is 2.87. The maximum absolute atomic E-state index is 13.0. The summed E-state index contributed by atoms with van der Waals surface area (Å²) in [5, 5.41) is 14.3. The van der Waals surface area contributed by atoms with Gasteiger partial charge in [-0.05, 0) is 35.9 Å². The Bertz CT molecular complexity index is 1440. The molecular weight excluding hydrogens is 436 g/mol. The van der Waals surface area contributed by atoms with Crippen LogP contribution in [0.3, 0.4) is 0 Å². The van der Waals surface area contributed by atoms with Gasteiger partial charge in [-0.25, -0.2) is 4.79 Å². The molecule has 0 saturated carbocycles. The first-order chi connectivity index (χ1) is 16.4. The number of rotatable bonds is 5. The van der Waals surface area contributed by atoms with E-state index < -0.39 is 22.8 Å². The Hall–Kier alpha value is -4.50. The number of nitrogens with one attached hydrogen (secondary N) is 3. The molecule has 1 atom stereocenters. The Kier molecular flexibility index (Phi) is 5.31. The van der Waals surface area contributed by atoms with Gasteiger partial charge in [-0.1, -0.05) is 36.4 Å². The third kappa shape index (κ3) is 3.89. The number of aromatic nitrogens is 3. The fourth-order valence-corrected chi connectivity index (χ4v) is 3.97. The Morgan fingerprint density at radius 2 is 1.85 bits per heavy atom. The topological polar surface area (TPSA) is 137 Å². The molecule has 170 valence electrons. The van der Waals surface area contributed by atoms with Crippen molar-refractivity contribution in [3.8, 4) is 11.6 Å². The highest BCUT2D eigenvalue weighted by Crippen LogP contribution is 2.33. The molecule has 0 spiro atoms. The third-order valence-electron chi connectivity index (χ3n) is 5.75. The van der Waals surface area contributed by atoms with E-state index in [4.69, 9.17) is 4.74 Å². The van der Waals surface area contributed by atoms with Crippen LogP contribution in [-0.2, 0) is 12.0 Å². The molecule has 0 aliphatic carbocycles. The summed E-state index contributed by atoms with van der Waals surface area (Å²) < 4.78 is 5.65. The Morgan fingerprint density at radius 1 is 1.06 bits per heavy atom. The van der Waals surface area contributed by atoms with Crippen molar-refractivity contribution in [1.82, 2.24) is 20.3 Å². The van der Waals surface area contributed by atoms with Gasteiger partial charge in [0, 0.05) is 23.7 Å². The number of H-pyrrole nitrogens is 2. The van der Waals surface area contributed by atoms with Gasteiger partial charge in [0.25, 0.3) is 11.5 Å². The lowest BCUT2D eigenvalue weighted by atomic mass is 9.89. The number of aromatic amines is 2. The van der Waals surface area contributed by atoms with E-state index in [-0.39, 0.29) is 24.4 Å². The number of fused-ring (bicyclic) bond motifs is 2. The molecule has 1 unspecified atom stereocenters. The number of nitrogens with zero attached hydrogens (tertiary/aromatic N) is 1. The fraction of sp³-hybridized carbons (Fsp3) is 0.120. The number of carbonyl (C=O) groups is 1. The summed E-state index contributed by atoms with van der Waals surface area (Å²) in [4.78, 5) is 45.6. The Balaban J connectivity index is 1.40.